The lowest BCUT2D eigenvalue weighted by Crippen LogP contribution is -2.31. The van der Waals surface area contributed by atoms with Crippen LogP contribution in [0.25, 0.3) is 0 Å². The number of rotatable bonds is 1. The van der Waals surface area contributed by atoms with Crippen molar-refractivity contribution in [3.63, 3.8) is 0 Å². The summed E-state index contributed by atoms with van der Waals surface area (Å²) in [5.41, 5.74) is 2.99. The van der Waals surface area contributed by atoms with Crippen LogP contribution in [0.15, 0.2) is 27.7 Å². The Balaban J connectivity index is 3.19. The Kier molecular flexibility index (Phi) is 3.39. The van der Waals surface area contributed by atoms with Crippen molar-refractivity contribution in [1.82, 2.24) is 5.43 Å². The fraction of sp³-hybridized carbons (Fsp3) is 0.125. The number of nitrogens with one attached hydrogen (secondary N) is 1. The third kappa shape index (κ3) is 2.26. The van der Waals surface area contributed by atoms with Gasteiger partial charge < -0.3 is 5.43 Å². The Hall–Kier alpha value is -0.940. The zero-order chi connectivity index (χ0) is 9.84. The molecule has 13 heavy (non-hydrogen) atoms. The topological polar surface area (TPSA) is 50.4 Å². The molecule has 0 fully saturated rings. The van der Waals surface area contributed by atoms with Crippen molar-refractivity contribution in [2.24, 2.45) is 10.8 Å². The number of amidine groups is 1. The summed E-state index contributed by atoms with van der Waals surface area (Å²) in [5, 5.41) is 0. The Morgan fingerprint density at radius 2 is 2.31 bits per heavy atom. The summed E-state index contributed by atoms with van der Waals surface area (Å²) >= 11 is 3.27. The van der Waals surface area contributed by atoms with Gasteiger partial charge in [-0.1, -0.05) is 15.9 Å². The molecule has 0 bridgehead atoms. The maximum atomic E-state index is 12.8. The monoisotopic (exact) mass is 245 g/mol. The van der Waals surface area contributed by atoms with Gasteiger partial charge in [-0.25, -0.2) is 10.2 Å². The van der Waals surface area contributed by atoms with Crippen LogP contribution in [0, 0.1) is 5.82 Å². The largest absolute Gasteiger partial charge is 0.308 e. The SMILES string of the molecule is CN=C(NN)c1cc(F)ccc1Br. The maximum absolute atomic E-state index is 12.8. The molecule has 0 unspecified atom stereocenters. The molecular formula is C8H9BrFN3. The molecule has 3 N–H and O–H groups in total. The first-order chi connectivity index (χ1) is 6.19. The lowest BCUT2D eigenvalue weighted by Gasteiger charge is -2.06. The van der Waals surface area contributed by atoms with Crippen LogP contribution in [0.1, 0.15) is 5.56 Å². The molecule has 0 saturated carbocycles. The molecule has 1 aromatic carbocycles. The molecular weight excluding hydrogens is 237 g/mol. The van der Waals surface area contributed by atoms with Gasteiger partial charge in [-0.3, -0.25) is 4.99 Å². The summed E-state index contributed by atoms with van der Waals surface area (Å²) < 4.78 is 13.6. The van der Waals surface area contributed by atoms with Gasteiger partial charge in [-0.2, -0.15) is 0 Å². The predicted octanol–water partition coefficient (Wildman–Crippen LogP) is 1.43. The third-order valence-electron chi connectivity index (χ3n) is 1.54. The molecule has 1 rings (SSSR count). The third-order valence-corrected chi connectivity index (χ3v) is 2.24. The van der Waals surface area contributed by atoms with Crippen LogP contribution in [0.3, 0.4) is 0 Å². The minimum Gasteiger partial charge on any atom is -0.308 e. The highest BCUT2D eigenvalue weighted by molar-refractivity contribution is 9.10. The molecule has 70 valence electrons. The molecule has 5 heteroatoms. The molecule has 0 atom stereocenters. The van der Waals surface area contributed by atoms with Crippen LogP contribution in [-0.4, -0.2) is 12.9 Å². The van der Waals surface area contributed by atoms with Crippen molar-refractivity contribution in [2.45, 2.75) is 0 Å². The summed E-state index contributed by atoms with van der Waals surface area (Å²) in [5.74, 6) is 5.32. The highest BCUT2D eigenvalue weighted by atomic mass is 79.9. The minimum atomic E-state index is -0.324. The Labute approximate surface area is 83.9 Å². The van der Waals surface area contributed by atoms with E-state index in [0.29, 0.717) is 11.4 Å². The lowest BCUT2D eigenvalue weighted by molar-refractivity contribution is 0.627. The first-order valence-corrected chi connectivity index (χ1v) is 4.37. The minimum absolute atomic E-state index is 0.324. The van der Waals surface area contributed by atoms with E-state index in [1.54, 1.807) is 13.1 Å². The van der Waals surface area contributed by atoms with E-state index in [9.17, 15) is 4.39 Å². The van der Waals surface area contributed by atoms with Gasteiger partial charge in [0.05, 0.1) is 0 Å². The average molecular weight is 246 g/mol. The van der Waals surface area contributed by atoms with Gasteiger partial charge in [0.15, 0.2) is 0 Å². The summed E-state index contributed by atoms with van der Waals surface area (Å²) in [6.07, 6.45) is 0. The maximum Gasteiger partial charge on any atom is 0.143 e. The van der Waals surface area contributed by atoms with Gasteiger partial charge in [0.1, 0.15) is 11.7 Å². The van der Waals surface area contributed by atoms with E-state index in [1.807, 2.05) is 0 Å². The lowest BCUT2D eigenvalue weighted by atomic mass is 10.2. The van der Waals surface area contributed by atoms with Crippen molar-refractivity contribution in [2.75, 3.05) is 7.05 Å². The fourth-order valence-corrected chi connectivity index (χ4v) is 1.38. The van der Waals surface area contributed by atoms with Crippen molar-refractivity contribution >= 4 is 21.8 Å². The molecule has 0 aliphatic carbocycles. The van der Waals surface area contributed by atoms with Crippen molar-refractivity contribution in [1.29, 1.82) is 0 Å². The summed E-state index contributed by atoms with van der Waals surface area (Å²) in [6, 6.07) is 4.32. The predicted molar refractivity (Wildman–Crippen MR) is 53.9 cm³/mol. The number of nitrogens with two attached hydrogens (primary N) is 1. The normalized spacial score (nSPS) is 11.5. The Bertz CT molecular complexity index is 338. The second-order valence-electron chi connectivity index (χ2n) is 2.34. The number of nitrogens with zero attached hydrogens (tertiary/aromatic N) is 1. The first-order valence-electron chi connectivity index (χ1n) is 3.58. The quantitative estimate of drug-likeness (QED) is 0.341. The number of benzene rings is 1. The number of hydrogen-bond acceptors (Lipinski definition) is 2. The van der Waals surface area contributed by atoms with Gasteiger partial charge in [0.2, 0.25) is 0 Å². The van der Waals surface area contributed by atoms with Crippen LogP contribution < -0.4 is 11.3 Å². The summed E-state index contributed by atoms with van der Waals surface area (Å²) in [6.45, 7) is 0. The number of hydrazine groups is 1. The second kappa shape index (κ2) is 4.34. The molecule has 3 nitrogen and oxygen atoms in total. The van der Waals surface area contributed by atoms with Crippen LogP contribution in [0.2, 0.25) is 0 Å². The Morgan fingerprint density at radius 3 is 2.85 bits per heavy atom. The molecule has 1 aromatic rings. The van der Waals surface area contributed by atoms with E-state index in [1.165, 1.54) is 12.1 Å². The van der Waals surface area contributed by atoms with Crippen LogP contribution in [-0.2, 0) is 0 Å². The zero-order valence-corrected chi connectivity index (χ0v) is 8.60. The van der Waals surface area contributed by atoms with Gasteiger partial charge in [0, 0.05) is 17.1 Å². The molecule has 0 aliphatic heterocycles. The van der Waals surface area contributed by atoms with Gasteiger partial charge in [-0.05, 0) is 18.2 Å². The van der Waals surface area contributed by atoms with Crippen LogP contribution in [0.5, 0.6) is 0 Å². The van der Waals surface area contributed by atoms with Gasteiger partial charge >= 0.3 is 0 Å². The molecule has 0 radical (unpaired) electrons. The fourth-order valence-electron chi connectivity index (χ4n) is 0.942. The molecule has 0 spiro atoms. The van der Waals surface area contributed by atoms with E-state index in [2.05, 4.69) is 26.3 Å². The van der Waals surface area contributed by atoms with E-state index in [-0.39, 0.29) is 5.82 Å². The van der Waals surface area contributed by atoms with Crippen molar-refractivity contribution in [3.05, 3.63) is 34.1 Å². The zero-order valence-electron chi connectivity index (χ0n) is 7.01. The molecule has 0 aromatic heterocycles. The van der Waals surface area contributed by atoms with E-state index >= 15 is 0 Å². The molecule has 0 saturated heterocycles. The summed E-state index contributed by atoms with van der Waals surface area (Å²) in [7, 11) is 1.58. The highest BCUT2D eigenvalue weighted by Crippen LogP contribution is 2.17. The van der Waals surface area contributed by atoms with Crippen molar-refractivity contribution < 1.29 is 4.39 Å². The molecule has 0 heterocycles. The molecule has 0 amide bonds. The average Bonchev–Trinajstić information content (AvgIpc) is 2.13. The van der Waals surface area contributed by atoms with Crippen molar-refractivity contribution in [3.8, 4) is 0 Å². The second-order valence-corrected chi connectivity index (χ2v) is 3.20. The van der Waals surface area contributed by atoms with E-state index in [0.717, 1.165) is 4.47 Å². The summed E-state index contributed by atoms with van der Waals surface area (Å²) in [4.78, 5) is 3.86. The van der Waals surface area contributed by atoms with Crippen LogP contribution in [0.4, 0.5) is 4.39 Å². The van der Waals surface area contributed by atoms with E-state index in [4.69, 9.17) is 5.84 Å². The van der Waals surface area contributed by atoms with Gasteiger partial charge in [0.25, 0.3) is 0 Å². The smallest absolute Gasteiger partial charge is 0.143 e. The molecule has 0 aliphatic rings. The standard InChI is InChI=1S/C8H9BrFN3/c1-12-8(13-11)6-4-5(10)2-3-7(6)9/h2-4H,11H2,1H3,(H,12,13). The van der Waals surface area contributed by atoms with E-state index < -0.39 is 0 Å². The first kappa shape index (κ1) is 10.1. The number of aliphatic imine (C=N–C) groups is 1. The highest BCUT2D eigenvalue weighted by Gasteiger charge is 2.06. The number of hydrogen-bond donors (Lipinski definition) is 2. The number of halogens is 2. The van der Waals surface area contributed by atoms with Crippen LogP contribution >= 0.6 is 15.9 Å². The van der Waals surface area contributed by atoms with Gasteiger partial charge in [-0.15, -0.1) is 0 Å². The Morgan fingerprint density at radius 1 is 1.62 bits per heavy atom.